The molecule has 13 heavy (non-hydrogen) atoms. The van der Waals surface area contributed by atoms with Gasteiger partial charge in [-0.2, -0.15) is 0 Å². The highest BCUT2D eigenvalue weighted by atomic mass is 35.5. The van der Waals surface area contributed by atoms with Crippen molar-refractivity contribution in [2.45, 2.75) is 18.4 Å². The standard InChI is InChI=1S/C9H9Cl3O/c1-5(10)9(13)7-3-2-6(11)4-8(7)12/h2-5,9,13H,1H3. The van der Waals surface area contributed by atoms with E-state index in [0.717, 1.165) is 0 Å². The van der Waals surface area contributed by atoms with Crippen LogP contribution in [0, 0.1) is 0 Å². The fraction of sp³-hybridized carbons (Fsp3) is 0.333. The fourth-order valence-electron chi connectivity index (χ4n) is 0.989. The van der Waals surface area contributed by atoms with Gasteiger partial charge in [-0.3, -0.25) is 0 Å². The summed E-state index contributed by atoms with van der Waals surface area (Å²) in [6, 6.07) is 4.93. The smallest absolute Gasteiger partial charge is 0.0965 e. The summed E-state index contributed by atoms with van der Waals surface area (Å²) in [4.78, 5) is 0. The first-order valence-electron chi connectivity index (χ1n) is 3.79. The Kier molecular flexibility index (Phi) is 3.87. The lowest BCUT2D eigenvalue weighted by atomic mass is 10.1. The number of hydrogen-bond acceptors (Lipinski definition) is 1. The molecule has 1 rings (SSSR count). The van der Waals surface area contributed by atoms with E-state index in [9.17, 15) is 5.11 Å². The SMILES string of the molecule is CC(Cl)C(O)c1ccc(Cl)cc1Cl. The van der Waals surface area contributed by atoms with Crippen molar-refractivity contribution < 1.29 is 5.11 Å². The van der Waals surface area contributed by atoms with Crippen molar-refractivity contribution in [1.29, 1.82) is 0 Å². The maximum Gasteiger partial charge on any atom is 0.0965 e. The van der Waals surface area contributed by atoms with Crippen LogP contribution in [0.15, 0.2) is 18.2 Å². The monoisotopic (exact) mass is 238 g/mol. The van der Waals surface area contributed by atoms with Crippen LogP contribution >= 0.6 is 34.8 Å². The third-order valence-corrected chi connectivity index (χ3v) is 2.52. The summed E-state index contributed by atoms with van der Waals surface area (Å²) in [5, 5.41) is 10.2. The number of aliphatic hydroxyl groups is 1. The second-order valence-electron chi connectivity index (χ2n) is 2.79. The van der Waals surface area contributed by atoms with E-state index in [2.05, 4.69) is 0 Å². The molecule has 0 saturated heterocycles. The zero-order valence-corrected chi connectivity index (χ0v) is 9.24. The minimum atomic E-state index is -0.758. The molecule has 1 aromatic carbocycles. The zero-order chi connectivity index (χ0) is 10.0. The van der Waals surface area contributed by atoms with Crippen molar-refractivity contribution >= 4 is 34.8 Å². The number of hydrogen-bond donors (Lipinski definition) is 1. The predicted molar refractivity (Wildman–Crippen MR) is 56.7 cm³/mol. The van der Waals surface area contributed by atoms with Gasteiger partial charge in [-0.15, -0.1) is 11.6 Å². The molecule has 2 atom stereocenters. The van der Waals surface area contributed by atoms with Crippen LogP contribution in [-0.4, -0.2) is 10.5 Å². The normalized spacial score (nSPS) is 15.5. The van der Waals surface area contributed by atoms with Gasteiger partial charge >= 0.3 is 0 Å². The first kappa shape index (κ1) is 11.1. The highest BCUT2D eigenvalue weighted by molar-refractivity contribution is 6.35. The Hall–Kier alpha value is 0.0500. The van der Waals surface area contributed by atoms with Gasteiger partial charge in [-0.05, 0) is 19.1 Å². The molecule has 0 aliphatic rings. The van der Waals surface area contributed by atoms with Crippen molar-refractivity contribution in [3.63, 3.8) is 0 Å². The molecule has 0 amide bonds. The molecule has 0 heterocycles. The highest BCUT2D eigenvalue weighted by Gasteiger charge is 2.16. The molecule has 1 N–H and O–H groups in total. The third-order valence-electron chi connectivity index (χ3n) is 1.72. The van der Waals surface area contributed by atoms with Crippen LogP contribution in [-0.2, 0) is 0 Å². The van der Waals surface area contributed by atoms with E-state index in [1.807, 2.05) is 0 Å². The molecule has 0 aromatic heterocycles. The lowest BCUT2D eigenvalue weighted by Gasteiger charge is -2.14. The lowest BCUT2D eigenvalue weighted by Crippen LogP contribution is -2.08. The van der Waals surface area contributed by atoms with Gasteiger partial charge in [0.15, 0.2) is 0 Å². The zero-order valence-electron chi connectivity index (χ0n) is 6.97. The molecule has 0 aliphatic carbocycles. The van der Waals surface area contributed by atoms with Crippen LogP contribution in [0.2, 0.25) is 10.0 Å². The lowest BCUT2D eigenvalue weighted by molar-refractivity contribution is 0.177. The van der Waals surface area contributed by atoms with Gasteiger partial charge in [-0.25, -0.2) is 0 Å². The van der Waals surface area contributed by atoms with Crippen molar-refractivity contribution in [3.8, 4) is 0 Å². The molecule has 1 aromatic rings. The molecule has 0 saturated carbocycles. The Morgan fingerprint density at radius 2 is 1.92 bits per heavy atom. The molecular formula is C9H9Cl3O. The molecule has 0 spiro atoms. The number of rotatable bonds is 2. The maximum atomic E-state index is 9.61. The molecule has 0 radical (unpaired) electrons. The molecule has 1 nitrogen and oxygen atoms in total. The van der Waals surface area contributed by atoms with Gasteiger partial charge in [-0.1, -0.05) is 29.3 Å². The Bertz CT molecular complexity index is 299. The summed E-state index contributed by atoms with van der Waals surface area (Å²) in [7, 11) is 0. The third kappa shape index (κ3) is 2.75. The Labute approximate surface area is 92.2 Å². The van der Waals surface area contributed by atoms with Gasteiger partial charge in [0.25, 0.3) is 0 Å². The van der Waals surface area contributed by atoms with Crippen LogP contribution in [0.5, 0.6) is 0 Å². The topological polar surface area (TPSA) is 20.2 Å². The molecule has 2 unspecified atom stereocenters. The molecular weight excluding hydrogens is 230 g/mol. The minimum absolute atomic E-state index is 0.376. The van der Waals surface area contributed by atoms with E-state index in [4.69, 9.17) is 34.8 Å². The van der Waals surface area contributed by atoms with Crippen molar-refractivity contribution in [1.82, 2.24) is 0 Å². The van der Waals surface area contributed by atoms with Crippen LogP contribution in [0.1, 0.15) is 18.6 Å². The summed E-state index contributed by atoms with van der Waals surface area (Å²) < 4.78 is 0. The van der Waals surface area contributed by atoms with Crippen LogP contribution in [0.3, 0.4) is 0 Å². The largest absolute Gasteiger partial charge is 0.387 e. The van der Waals surface area contributed by atoms with Crippen LogP contribution < -0.4 is 0 Å². The average Bonchev–Trinajstić information content (AvgIpc) is 2.03. The first-order valence-corrected chi connectivity index (χ1v) is 4.98. The fourth-order valence-corrected chi connectivity index (χ4v) is 1.64. The average molecular weight is 240 g/mol. The van der Waals surface area contributed by atoms with Crippen LogP contribution in [0.4, 0.5) is 0 Å². The summed E-state index contributed by atoms with van der Waals surface area (Å²) in [6.45, 7) is 1.71. The Morgan fingerprint density at radius 1 is 1.31 bits per heavy atom. The van der Waals surface area contributed by atoms with E-state index in [0.29, 0.717) is 15.6 Å². The summed E-state index contributed by atoms with van der Waals surface area (Å²) in [5.41, 5.74) is 0.605. The molecule has 0 bridgehead atoms. The molecule has 0 aliphatic heterocycles. The van der Waals surface area contributed by atoms with E-state index < -0.39 is 6.10 Å². The van der Waals surface area contributed by atoms with E-state index in [1.165, 1.54) is 0 Å². The van der Waals surface area contributed by atoms with Gasteiger partial charge < -0.3 is 5.11 Å². The molecule has 4 heteroatoms. The predicted octanol–water partition coefficient (Wildman–Crippen LogP) is 3.65. The number of halogens is 3. The second kappa shape index (κ2) is 4.52. The molecule has 72 valence electrons. The van der Waals surface area contributed by atoms with E-state index in [-0.39, 0.29) is 5.38 Å². The van der Waals surface area contributed by atoms with Gasteiger partial charge in [0, 0.05) is 15.6 Å². The Balaban J connectivity index is 3.01. The first-order chi connectivity index (χ1) is 6.02. The van der Waals surface area contributed by atoms with E-state index in [1.54, 1.807) is 25.1 Å². The molecule has 0 fully saturated rings. The summed E-state index contributed by atoms with van der Waals surface area (Å²) >= 11 is 17.3. The van der Waals surface area contributed by atoms with Crippen LogP contribution in [0.25, 0.3) is 0 Å². The number of alkyl halides is 1. The van der Waals surface area contributed by atoms with E-state index >= 15 is 0 Å². The second-order valence-corrected chi connectivity index (χ2v) is 4.32. The summed E-state index contributed by atoms with van der Waals surface area (Å²) in [5.74, 6) is 0. The van der Waals surface area contributed by atoms with Crippen molar-refractivity contribution in [2.24, 2.45) is 0 Å². The number of aliphatic hydroxyl groups excluding tert-OH is 1. The van der Waals surface area contributed by atoms with Gasteiger partial charge in [0.05, 0.1) is 11.5 Å². The highest BCUT2D eigenvalue weighted by Crippen LogP contribution is 2.29. The quantitative estimate of drug-likeness (QED) is 0.781. The summed E-state index contributed by atoms with van der Waals surface area (Å²) in [6.07, 6.45) is -0.758. The maximum absolute atomic E-state index is 9.61. The Morgan fingerprint density at radius 3 is 2.38 bits per heavy atom. The van der Waals surface area contributed by atoms with Gasteiger partial charge in [0.1, 0.15) is 0 Å². The minimum Gasteiger partial charge on any atom is -0.387 e. The number of benzene rings is 1. The van der Waals surface area contributed by atoms with Crippen molar-refractivity contribution in [3.05, 3.63) is 33.8 Å². The van der Waals surface area contributed by atoms with Crippen molar-refractivity contribution in [2.75, 3.05) is 0 Å². The van der Waals surface area contributed by atoms with Gasteiger partial charge in [0.2, 0.25) is 0 Å².